The highest BCUT2D eigenvalue weighted by atomic mass is 16.5. The second-order valence-electron chi connectivity index (χ2n) is 9.41. The van der Waals surface area contributed by atoms with Gasteiger partial charge in [-0.3, -0.25) is 14.4 Å². The minimum atomic E-state index is -0.527. The van der Waals surface area contributed by atoms with Gasteiger partial charge in [-0.1, -0.05) is 30.3 Å². The average molecular weight is 489 g/mol. The second kappa shape index (κ2) is 10.4. The van der Waals surface area contributed by atoms with E-state index in [1.165, 1.54) is 0 Å². The number of Topliss-reactive ketones (excluding diaryl/α,β-unsaturated/α-hetero) is 1. The Hall–Kier alpha value is -3.81. The highest BCUT2D eigenvalue weighted by Crippen LogP contribution is 2.29. The van der Waals surface area contributed by atoms with Crippen molar-refractivity contribution >= 4 is 34.2 Å². The van der Waals surface area contributed by atoms with E-state index in [9.17, 15) is 14.4 Å². The van der Waals surface area contributed by atoms with Crippen LogP contribution in [0, 0.1) is 0 Å². The van der Waals surface area contributed by atoms with Gasteiger partial charge in [-0.2, -0.15) is 0 Å². The molecule has 2 amide bonds. The molecule has 2 aromatic carbocycles. The van der Waals surface area contributed by atoms with Crippen LogP contribution in [0.25, 0.3) is 10.9 Å². The lowest BCUT2D eigenvalue weighted by atomic mass is 10.1. The Kier molecular flexibility index (Phi) is 6.93. The lowest BCUT2D eigenvalue weighted by molar-refractivity contribution is -0.132. The monoisotopic (exact) mass is 488 g/mol. The first-order chi connectivity index (χ1) is 17.6. The number of nitrogens with zero attached hydrogens (tertiary/aromatic N) is 4. The summed E-state index contributed by atoms with van der Waals surface area (Å²) in [6.07, 6.45) is 4.89. The first-order valence-corrected chi connectivity index (χ1v) is 12.6. The van der Waals surface area contributed by atoms with Gasteiger partial charge < -0.3 is 24.0 Å². The van der Waals surface area contributed by atoms with E-state index in [4.69, 9.17) is 4.74 Å². The van der Waals surface area contributed by atoms with Crippen LogP contribution in [-0.2, 0) is 16.1 Å². The van der Waals surface area contributed by atoms with Crippen LogP contribution in [0.3, 0.4) is 0 Å². The van der Waals surface area contributed by atoms with Gasteiger partial charge >= 0.3 is 0 Å². The number of ether oxygens (including phenoxy) is 1. The van der Waals surface area contributed by atoms with Gasteiger partial charge in [-0.15, -0.1) is 0 Å². The molecule has 188 valence electrons. The molecule has 0 saturated carbocycles. The van der Waals surface area contributed by atoms with Gasteiger partial charge in [-0.05, 0) is 37.5 Å². The minimum Gasteiger partial charge on any atom is -0.495 e. The maximum atomic E-state index is 13.4. The zero-order valence-electron chi connectivity index (χ0n) is 20.7. The summed E-state index contributed by atoms with van der Waals surface area (Å²) in [4.78, 5) is 45.2. The average Bonchev–Trinajstić information content (AvgIpc) is 3.31. The van der Waals surface area contributed by atoms with E-state index >= 15 is 0 Å². The summed E-state index contributed by atoms with van der Waals surface area (Å²) in [5.74, 6) is -0.186. The van der Waals surface area contributed by atoms with Crippen molar-refractivity contribution in [3.05, 3.63) is 60.3 Å². The van der Waals surface area contributed by atoms with Crippen LogP contribution in [-0.4, -0.2) is 78.3 Å². The van der Waals surface area contributed by atoms with Gasteiger partial charge in [0.2, 0.25) is 5.91 Å². The predicted molar refractivity (Wildman–Crippen MR) is 138 cm³/mol. The van der Waals surface area contributed by atoms with E-state index in [0.717, 1.165) is 49.3 Å². The third-order valence-corrected chi connectivity index (χ3v) is 7.23. The molecule has 1 aromatic heterocycles. The Labute approximate surface area is 211 Å². The third kappa shape index (κ3) is 4.67. The van der Waals surface area contributed by atoms with Crippen molar-refractivity contribution in [1.82, 2.24) is 14.4 Å². The van der Waals surface area contributed by atoms with Crippen molar-refractivity contribution in [2.75, 3.05) is 51.3 Å². The molecule has 0 bridgehead atoms. The van der Waals surface area contributed by atoms with Crippen LogP contribution in [0.15, 0.2) is 54.7 Å². The topological polar surface area (TPSA) is 75.1 Å². The van der Waals surface area contributed by atoms with E-state index in [-0.39, 0.29) is 12.5 Å². The molecule has 36 heavy (non-hydrogen) atoms. The van der Waals surface area contributed by atoms with E-state index < -0.39 is 11.7 Å². The van der Waals surface area contributed by atoms with Crippen LogP contribution >= 0.6 is 0 Å². The number of ketones is 1. The number of fused-ring (bicyclic) bond motifs is 1. The molecular weight excluding hydrogens is 456 g/mol. The fourth-order valence-electron chi connectivity index (χ4n) is 5.25. The van der Waals surface area contributed by atoms with E-state index in [2.05, 4.69) is 4.90 Å². The van der Waals surface area contributed by atoms with Crippen molar-refractivity contribution in [2.45, 2.75) is 25.8 Å². The maximum absolute atomic E-state index is 13.4. The van der Waals surface area contributed by atoms with Crippen molar-refractivity contribution in [2.24, 2.45) is 0 Å². The fraction of sp³-hybridized carbons (Fsp3) is 0.393. The normalized spacial score (nSPS) is 16.3. The summed E-state index contributed by atoms with van der Waals surface area (Å²) >= 11 is 0. The molecule has 0 unspecified atom stereocenters. The summed E-state index contributed by atoms with van der Waals surface area (Å²) in [5.41, 5.74) is 2.13. The maximum Gasteiger partial charge on any atom is 0.295 e. The minimum absolute atomic E-state index is 0.0493. The number of rotatable bonds is 6. The number of carbonyl (C=O) groups is 3. The molecule has 2 aliphatic heterocycles. The van der Waals surface area contributed by atoms with Crippen molar-refractivity contribution < 1.29 is 19.1 Å². The number of methoxy groups -OCH3 is 1. The molecule has 8 heteroatoms. The number of benzene rings is 2. The molecule has 2 fully saturated rings. The van der Waals surface area contributed by atoms with Crippen LogP contribution in [0.2, 0.25) is 0 Å². The number of carbonyl (C=O) groups excluding carboxylic acids is 3. The first-order valence-electron chi connectivity index (χ1n) is 12.6. The Bertz CT molecular complexity index is 1270. The van der Waals surface area contributed by atoms with Gasteiger partial charge in [0.1, 0.15) is 12.3 Å². The summed E-state index contributed by atoms with van der Waals surface area (Å²) in [6.45, 7) is 3.87. The Morgan fingerprint density at radius 2 is 1.50 bits per heavy atom. The highest BCUT2D eigenvalue weighted by Gasteiger charge is 2.30. The van der Waals surface area contributed by atoms with Crippen LogP contribution in [0.1, 0.15) is 29.6 Å². The molecule has 3 aromatic rings. The van der Waals surface area contributed by atoms with E-state index in [1.807, 2.05) is 58.0 Å². The standard InChI is InChI=1S/C28H32N4O4/c1-36-25-12-6-5-11-24(25)29-15-17-31(18-16-29)28(35)27(34)22-19-32(23-10-4-3-9-21(22)23)20-26(33)30-13-7-2-8-14-30/h3-6,9-12,19H,2,7-8,13-18,20H2,1H3. The molecular formula is C28H32N4O4. The number of aromatic nitrogens is 1. The van der Waals surface area contributed by atoms with Crippen LogP contribution in [0.5, 0.6) is 5.75 Å². The number of hydrogen-bond donors (Lipinski definition) is 0. The first kappa shape index (κ1) is 23.9. The fourth-order valence-corrected chi connectivity index (χ4v) is 5.25. The lowest BCUT2D eigenvalue weighted by Crippen LogP contribution is -2.50. The van der Waals surface area contributed by atoms with Crippen LogP contribution in [0.4, 0.5) is 5.69 Å². The molecule has 0 radical (unpaired) electrons. The van der Waals surface area contributed by atoms with Crippen molar-refractivity contribution in [1.29, 1.82) is 0 Å². The lowest BCUT2D eigenvalue weighted by Gasteiger charge is -2.36. The number of piperidine rings is 1. The van der Waals surface area contributed by atoms with Gasteiger partial charge in [-0.25, -0.2) is 0 Å². The van der Waals surface area contributed by atoms with Crippen LogP contribution < -0.4 is 9.64 Å². The molecule has 0 atom stereocenters. The molecule has 8 nitrogen and oxygen atoms in total. The quantitative estimate of drug-likeness (QED) is 0.394. The van der Waals surface area contributed by atoms with Gasteiger partial charge in [0.05, 0.1) is 18.4 Å². The number of para-hydroxylation sites is 3. The Morgan fingerprint density at radius 1 is 0.806 bits per heavy atom. The molecule has 0 N–H and O–H groups in total. The van der Waals surface area contributed by atoms with E-state index in [1.54, 1.807) is 18.2 Å². The summed E-state index contributed by atoms with van der Waals surface area (Å²) in [5, 5.41) is 0.704. The summed E-state index contributed by atoms with van der Waals surface area (Å²) in [7, 11) is 1.65. The molecule has 5 rings (SSSR count). The Balaban J connectivity index is 1.30. The number of hydrogen-bond acceptors (Lipinski definition) is 5. The predicted octanol–water partition coefficient (Wildman–Crippen LogP) is 3.19. The van der Waals surface area contributed by atoms with Gasteiger partial charge in [0.15, 0.2) is 0 Å². The zero-order valence-corrected chi connectivity index (χ0v) is 20.7. The van der Waals surface area contributed by atoms with E-state index in [0.29, 0.717) is 37.1 Å². The number of likely N-dealkylation sites (tertiary alicyclic amines) is 1. The summed E-state index contributed by atoms with van der Waals surface area (Å²) in [6, 6.07) is 15.3. The third-order valence-electron chi connectivity index (χ3n) is 7.23. The SMILES string of the molecule is COc1ccccc1N1CCN(C(=O)C(=O)c2cn(CC(=O)N3CCCCC3)c3ccccc23)CC1. The van der Waals surface area contributed by atoms with Gasteiger partial charge in [0.25, 0.3) is 11.7 Å². The summed E-state index contributed by atoms with van der Waals surface area (Å²) < 4.78 is 7.28. The molecule has 0 spiro atoms. The number of anilines is 1. The second-order valence-corrected chi connectivity index (χ2v) is 9.41. The molecule has 2 aliphatic rings. The van der Waals surface area contributed by atoms with Crippen molar-refractivity contribution in [3.63, 3.8) is 0 Å². The Morgan fingerprint density at radius 3 is 2.25 bits per heavy atom. The largest absolute Gasteiger partial charge is 0.495 e. The van der Waals surface area contributed by atoms with Crippen molar-refractivity contribution in [3.8, 4) is 5.75 Å². The zero-order chi connectivity index (χ0) is 25.1. The molecule has 0 aliphatic carbocycles. The highest BCUT2D eigenvalue weighted by molar-refractivity contribution is 6.45. The van der Waals surface area contributed by atoms with Gasteiger partial charge in [0, 0.05) is 56.4 Å². The molecule has 2 saturated heterocycles. The number of piperazine rings is 1. The smallest absolute Gasteiger partial charge is 0.295 e. The number of amides is 2. The molecule has 3 heterocycles.